The van der Waals surface area contributed by atoms with Crippen molar-refractivity contribution in [1.29, 1.82) is 0 Å². The molecule has 4 heteroatoms. The third-order valence-corrected chi connectivity index (χ3v) is 5.84. The average Bonchev–Trinajstić information content (AvgIpc) is 3.12. The molecule has 0 bridgehead atoms. The fraction of sp³-hybridized carbons (Fsp3) is 0.296. The van der Waals surface area contributed by atoms with E-state index in [1.54, 1.807) is 0 Å². The minimum absolute atomic E-state index is 0.462. The fourth-order valence-corrected chi connectivity index (χ4v) is 4.06. The van der Waals surface area contributed by atoms with Crippen LogP contribution in [0.25, 0.3) is 11.0 Å². The van der Waals surface area contributed by atoms with Crippen LogP contribution in [0.5, 0.6) is 5.75 Å². The summed E-state index contributed by atoms with van der Waals surface area (Å²) >= 11 is 6.05. The first-order chi connectivity index (χ1) is 15.1. The molecular weight excluding hydrogens is 404 g/mol. The van der Waals surface area contributed by atoms with Gasteiger partial charge in [0.1, 0.15) is 11.6 Å². The molecule has 0 aliphatic heterocycles. The number of benzene rings is 3. The zero-order valence-corrected chi connectivity index (χ0v) is 19.0. The number of rotatable bonds is 9. The van der Waals surface area contributed by atoms with Crippen molar-refractivity contribution in [1.82, 2.24) is 9.55 Å². The highest BCUT2D eigenvalue weighted by Crippen LogP contribution is 2.26. The van der Waals surface area contributed by atoms with E-state index in [0.29, 0.717) is 5.92 Å². The Morgan fingerprint density at radius 3 is 2.45 bits per heavy atom. The molecule has 4 aromatic rings. The molecular formula is C27H29ClN2O. The van der Waals surface area contributed by atoms with Gasteiger partial charge in [0.05, 0.1) is 17.6 Å². The molecule has 0 atom stereocenters. The van der Waals surface area contributed by atoms with Crippen molar-refractivity contribution < 1.29 is 4.74 Å². The van der Waals surface area contributed by atoms with Gasteiger partial charge >= 0.3 is 0 Å². The molecule has 31 heavy (non-hydrogen) atoms. The van der Waals surface area contributed by atoms with Gasteiger partial charge in [0.2, 0.25) is 0 Å². The summed E-state index contributed by atoms with van der Waals surface area (Å²) in [5.74, 6) is 2.56. The third kappa shape index (κ3) is 5.29. The summed E-state index contributed by atoms with van der Waals surface area (Å²) in [4.78, 5) is 4.91. The highest BCUT2D eigenvalue weighted by atomic mass is 35.5. The largest absolute Gasteiger partial charge is 0.493 e. The lowest BCUT2D eigenvalue weighted by atomic mass is 10.0. The molecule has 0 saturated carbocycles. The average molecular weight is 433 g/mol. The number of hydrogen-bond acceptors (Lipinski definition) is 2. The minimum atomic E-state index is 0.462. The maximum absolute atomic E-state index is 6.11. The van der Waals surface area contributed by atoms with Crippen molar-refractivity contribution in [3.05, 3.63) is 94.8 Å². The van der Waals surface area contributed by atoms with Gasteiger partial charge in [-0.25, -0.2) is 4.98 Å². The molecule has 1 aromatic heterocycles. The van der Waals surface area contributed by atoms with Gasteiger partial charge in [-0.15, -0.1) is 0 Å². The molecule has 0 unspecified atom stereocenters. The summed E-state index contributed by atoms with van der Waals surface area (Å²) in [6, 6.07) is 24.8. The van der Waals surface area contributed by atoms with E-state index in [2.05, 4.69) is 66.9 Å². The summed E-state index contributed by atoms with van der Waals surface area (Å²) < 4.78 is 8.46. The van der Waals surface area contributed by atoms with Gasteiger partial charge < -0.3 is 9.30 Å². The second-order valence-corrected chi connectivity index (χ2v) is 8.66. The highest BCUT2D eigenvalue weighted by Gasteiger charge is 2.11. The van der Waals surface area contributed by atoms with E-state index in [-0.39, 0.29) is 0 Å². The lowest BCUT2D eigenvalue weighted by molar-refractivity contribution is 0.299. The first kappa shape index (κ1) is 21.5. The first-order valence-electron chi connectivity index (χ1n) is 11.0. The Labute approximate surface area is 189 Å². The van der Waals surface area contributed by atoms with Crippen LogP contribution in [0.4, 0.5) is 0 Å². The number of unbranched alkanes of at least 4 members (excludes halogenated alkanes) is 1. The van der Waals surface area contributed by atoms with Crippen LogP contribution in [-0.2, 0) is 13.0 Å². The molecule has 0 fully saturated rings. The second-order valence-electron chi connectivity index (χ2n) is 8.22. The number of aromatic nitrogens is 2. The van der Waals surface area contributed by atoms with E-state index in [4.69, 9.17) is 21.3 Å². The van der Waals surface area contributed by atoms with Crippen LogP contribution in [0.15, 0.2) is 72.8 Å². The van der Waals surface area contributed by atoms with Crippen LogP contribution >= 0.6 is 11.6 Å². The molecule has 0 saturated heterocycles. The standard InChI is InChI=1S/C27H29ClN2O/c1-20(2)23-9-3-6-12-26(23)31-18-8-7-17-30-25-11-5-4-10-24(25)29-27(30)19-21-13-15-22(28)16-14-21/h3-6,9-16,20H,7-8,17-19H2,1-2H3. The van der Waals surface area contributed by atoms with Crippen LogP contribution in [-0.4, -0.2) is 16.2 Å². The Balaban J connectivity index is 1.41. The van der Waals surface area contributed by atoms with E-state index in [0.717, 1.165) is 54.5 Å². The Morgan fingerprint density at radius 2 is 1.65 bits per heavy atom. The number of ether oxygens (including phenoxy) is 1. The van der Waals surface area contributed by atoms with Crippen molar-refractivity contribution >= 4 is 22.6 Å². The van der Waals surface area contributed by atoms with Gasteiger partial charge in [-0.2, -0.15) is 0 Å². The van der Waals surface area contributed by atoms with E-state index in [1.807, 2.05) is 24.3 Å². The second kappa shape index (κ2) is 10.0. The number of imidazole rings is 1. The lowest BCUT2D eigenvalue weighted by Crippen LogP contribution is -2.07. The lowest BCUT2D eigenvalue weighted by Gasteiger charge is -2.14. The Kier molecular flexibility index (Phi) is 6.93. The fourth-order valence-electron chi connectivity index (χ4n) is 3.94. The number of fused-ring (bicyclic) bond motifs is 1. The zero-order chi connectivity index (χ0) is 21.6. The third-order valence-electron chi connectivity index (χ3n) is 5.58. The molecule has 1 heterocycles. The van der Waals surface area contributed by atoms with Crippen molar-refractivity contribution in [3.63, 3.8) is 0 Å². The smallest absolute Gasteiger partial charge is 0.122 e. The van der Waals surface area contributed by atoms with Gasteiger partial charge in [-0.05, 0) is 60.2 Å². The molecule has 0 aliphatic rings. The van der Waals surface area contributed by atoms with Gasteiger partial charge in [0, 0.05) is 18.0 Å². The number of para-hydroxylation sites is 3. The molecule has 4 rings (SSSR count). The van der Waals surface area contributed by atoms with Crippen molar-refractivity contribution in [2.45, 2.75) is 45.6 Å². The molecule has 0 radical (unpaired) electrons. The molecule has 0 N–H and O–H groups in total. The molecule has 3 nitrogen and oxygen atoms in total. The number of aryl methyl sites for hydroxylation is 1. The Hall–Kier alpha value is -2.78. The van der Waals surface area contributed by atoms with Crippen LogP contribution in [0, 0.1) is 0 Å². The predicted octanol–water partition coefficient (Wildman–Crippen LogP) is 7.26. The quantitative estimate of drug-likeness (QED) is 0.260. The normalized spacial score (nSPS) is 11.4. The molecule has 0 amide bonds. The summed E-state index contributed by atoms with van der Waals surface area (Å²) in [6.45, 7) is 6.06. The molecule has 3 aromatic carbocycles. The van der Waals surface area contributed by atoms with Crippen LogP contribution in [0.3, 0.4) is 0 Å². The Morgan fingerprint density at radius 1 is 0.903 bits per heavy atom. The maximum Gasteiger partial charge on any atom is 0.122 e. The highest BCUT2D eigenvalue weighted by molar-refractivity contribution is 6.30. The predicted molar refractivity (Wildman–Crippen MR) is 129 cm³/mol. The van der Waals surface area contributed by atoms with Gasteiger partial charge in [0.25, 0.3) is 0 Å². The van der Waals surface area contributed by atoms with Crippen molar-refractivity contribution in [2.75, 3.05) is 6.61 Å². The zero-order valence-electron chi connectivity index (χ0n) is 18.2. The molecule has 0 spiro atoms. The molecule has 0 aliphatic carbocycles. The Bertz CT molecular complexity index is 1130. The monoisotopic (exact) mass is 432 g/mol. The minimum Gasteiger partial charge on any atom is -0.493 e. The number of hydrogen-bond donors (Lipinski definition) is 0. The van der Waals surface area contributed by atoms with Crippen molar-refractivity contribution in [2.24, 2.45) is 0 Å². The van der Waals surface area contributed by atoms with E-state index >= 15 is 0 Å². The van der Waals surface area contributed by atoms with Crippen LogP contribution in [0.1, 0.15) is 49.6 Å². The molecule has 160 valence electrons. The number of nitrogens with zero attached hydrogens (tertiary/aromatic N) is 2. The van der Waals surface area contributed by atoms with E-state index in [9.17, 15) is 0 Å². The summed E-state index contributed by atoms with van der Waals surface area (Å²) in [5.41, 5.74) is 4.73. The van der Waals surface area contributed by atoms with Crippen LogP contribution in [0.2, 0.25) is 5.02 Å². The van der Waals surface area contributed by atoms with Crippen LogP contribution < -0.4 is 4.74 Å². The topological polar surface area (TPSA) is 27.1 Å². The van der Waals surface area contributed by atoms with Gasteiger partial charge in [0.15, 0.2) is 0 Å². The van der Waals surface area contributed by atoms with E-state index < -0.39 is 0 Å². The maximum atomic E-state index is 6.11. The van der Waals surface area contributed by atoms with Gasteiger partial charge in [-0.3, -0.25) is 0 Å². The van der Waals surface area contributed by atoms with E-state index in [1.165, 1.54) is 16.6 Å². The summed E-state index contributed by atoms with van der Waals surface area (Å²) in [6.07, 6.45) is 2.83. The van der Waals surface area contributed by atoms with Gasteiger partial charge in [-0.1, -0.05) is 67.9 Å². The SMILES string of the molecule is CC(C)c1ccccc1OCCCCn1c(Cc2ccc(Cl)cc2)nc2ccccc21. The van der Waals surface area contributed by atoms with Crippen molar-refractivity contribution in [3.8, 4) is 5.75 Å². The summed E-state index contributed by atoms with van der Waals surface area (Å²) in [5, 5.41) is 0.760. The summed E-state index contributed by atoms with van der Waals surface area (Å²) in [7, 11) is 0. The first-order valence-corrected chi connectivity index (χ1v) is 11.4. The number of halogens is 1.